The Hall–Kier alpha value is -0.210. The Balaban J connectivity index is 2.60. The first-order chi connectivity index (χ1) is 7.38. The third-order valence-electron chi connectivity index (χ3n) is 1.78. The van der Waals surface area contributed by atoms with Gasteiger partial charge in [0.25, 0.3) is 0 Å². The number of Topliss-reactive ketones (excluding diaryl/α,β-unsaturated/α-hetero) is 1. The Morgan fingerprint density at radius 1 is 1.19 bits per heavy atom. The van der Waals surface area contributed by atoms with Crippen LogP contribution in [0.3, 0.4) is 0 Å². The van der Waals surface area contributed by atoms with Crippen molar-refractivity contribution in [3.05, 3.63) is 47.0 Å². The smallest absolute Gasteiger partial charge is 0.209 e. The van der Waals surface area contributed by atoms with Crippen molar-refractivity contribution in [1.82, 2.24) is 0 Å². The molecule has 0 aliphatic heterocycles. The molecule has 0 aliphatic rings. The number of allylic oxidation sites excluding steroid dienone is 2. The zero-order valence-corrected chi connectivity index (χ0v) is 11.1. The summed E-state index contributed by atoms with van der Waals surface area (Å²) in [5.41, 5.74) is 0.582. The molecule has 86 valence electrons. The summed E-state index contributed by atoms with van der Waals surface area (Å²) in [7, 11) is 0. The SMILES string of the molecule is O=C(CC=CC(Cl)(Cl)Cl)c1ccc(Cl)cc1. The minimum Gasteiger partial charge on any atom is -0.294 e. The van der Waals surface area contributed by atoms with Gasteiger partial charge in [0.15, 0.2) is 5.78 Å². The Morgan fingerprint density at radius 2 is 1.75 bits per heavy atom. The summed E-state index contributed by atoms with van der Waals surface area (Å²) < 4.78 is -1.46. The average Bonchev–Trinajstić information content (AvgIpc) is 2.16. The molecule has 16 heavy (non-hydrogen) atoms. The fourth-order valence-corrected chi connectivity index (χ4v) is 1.45. The summed E-state index contributed by atoms with van der Waals surface area (Å²) >= 11 is 22.2. The second kappa shape index (κ2) is 5.92. The Morgan fingerprint density at radius 3 is 2.25 bits per heavy atom. The quantitative estimate of drug-likeness (QED) is 0.443. The Kier molecular flexibility index (Phi) is 5.13. The van der Waals surface area contributed by atoms with Gasteiger partial charge in [0.05, 0.1) is 0 Å². The van der Waals surface area contributed by atoms with Gasteiger partial charge in [-0.3, -0.25) is 4.79 Å². The number of carbonyl (C=O) groups excluding carboxylic acids is 1. The maximum Gasteiger partial charge on any atom is 0.209 e. The van der Waals surface area contributed by atoms with Crippen LogP contribution in [0.5, 0.6) is 0 Å². The fraction of sp³-hybridized carbons (Fsp3) is 0.182. The summed E-state index contributed by atoms with van der Waals surface area (Å²) in [6.45, 7) is 0. The second-order valence-electron chi connectivity index (χ2n) is 3.08. The lowest BCUT2D eigenvalue weighted by atomic mass is 10.1. The number of hydrogen-bond donors (Lipinski definition) is 0. The van der Waals surface area contributed by atoms with Gasteiger partial charge in [-0.2, -0.15) is 0 Å². The molecule has 0 spiro atoms. The third kappa shape index (κ3) is 5.22. The first-order valence-electron chi connectivity index (χ1n) is 4.42. The normalized spacial score (nSPS) is 12.0. The van der Waals surface area contributed by atoms with Gasteiger partial charge in [-0.1, -0.05) is 52.5 Å². The summed E-state index contributed by atoms with van der Waals surface area (Å²) in [5, 5.41) is 0.591. The highest BCUT2D eigenvalue weighted by Gasteiger charge is 2.14. The first-order valence-corrected chi connectivity index (χ1v) is 5.93. The lowest BCUT2D eigenvalue weighted by Crippen LogP contribution is -1.99. The fourth-order valence-electron chi connectivity index (χ4n) is 1.05. The van der Waals surface area contributed by atoms with Gasteiger partial charge in [-0.25, -0.2) is 0 Å². The van der Waals surface area contributed by atoms with E-state index >= 15 is 0 Å². The van der Waals surface area contributed by atoms with Crippen molar-refractivity contribution in [2.24, 2.45) is 0 Å². The van der Waals surface area contributed by atoms with Crippen LogP contribution < -0.4 is 0 Å². The lowest BCUT2D eigenvalue weighted by Gasteiger charge is -2.02. The molecule has 0 saturated heterocycles. The van der Waals surface area contributed by atoms with Crippen molar-refractivity contribution in [2.45, 2.75) is 10.2 Å². The van der Waals surface area contributed by atoms with E-state index in [1.807, 2.05) is 0 Å². The molecule has 0 N–H and O–H groups in total. The number of hydrogen-bond acceptors (Lipinski definition) is 1. The van der Waals surface area contributed by atoms with Gasteiger partial charge in [-0.15, -0.1) is 0 Å². The highest BCUT2D eigenvalue weighted by Crippen LogP contribution is 2.27. The highest BCUT2D eigenvalue weighted by molar-refractivity contribution is 6.68. The van der Waals surface area contributed by atoms with E-state index in [2.05, 4.69) is 0 Å². The zero-order valence-electron chi connectivity index (χ0n) is 8.09. The van der Waals surface area contributed by atoms with Crippen molar-refractivity contribution >= 4 is 52.2 Å². The minimum atomic E-state index is -1.46. The Labute approximate surface area is 114 Å². The molecule has 0 unspecified atom stereocenters. The van der Waals surface area contributed by atoms with Crippen LogP contribution in [0.1, 0.15) is 16.8 Å². The molecule has 1 aromatic rings. The van der Waals surface area contributed by atoms with Crippen molar-refractivity contribution in [3.8, 4) is 0 Å². The number of rotatable bonds is 3. The monoisotopic (exact) mass is 296 g/mol. The molecule has 1 nitrogen and oxygen atoms in total. The number of benzene rings is 1. The predicted molar refractivity (Wildman–Crippen MR) is 69.8 cm³/mol. The van der Waals surface area contributed by atoms with Crippen LogP contribution in [0.2, 0.25) is 5.02 Å². The third-order valence-corrected chi connectivity index (χ3v) is 2.41. The summed E-state index contributed by atoms with van der Waals surface area (Å²) in [6, 6.07) is 6.64. The summed E-state index contributed by atoms with van der Waals surface area (Å²) in [4.78, 5) is 11.6. The molecule has 0 aliphatic carbocycles. The Bertz CT molecular complexity index is 389. The maximum absolute atomic E-state index is 11.6. The van der Waals surface area contributed by atoms with E-state index in [9.17, 15) is 4.79 Å². The highest BCUT2D eigenvalue weighted by atomic mass is 35.6. The van der Waals surface area contributed by atoms with Gasteiger partial charge < -0.3 is 0 Å². The minimum absolute atomic E-state index is 0.0535. The molecule has 0 saturated carbocycles. The van der Waals surface area contributed by atoms with E-state index in [1.54, 1.807) is 24.3 Å². The molecule has 1 rings (SSSR count). The van der Waals surface area contributed by atoms with Crippen LogP contribution >= 0.6 is 46.4 Å². The van der Waals surface area contributed by atoms with Crippen LogP contribution in [0.15, 0.2) is 36.4 Å². The van der Waals surface area contributed by atoms with E-state index in [4.69, 9.17) is 46.4 Å². The number of ketones is 1. The van der Waals surface area contributed by atoms with Gasteiger partial charge in [0.2, 0.25) is 3.79 Å². The summed E-state index contributed by atoms with van der Waals surface area (Å²) in [5.74, 6) is -0.0535. The van der Waals surface area contributed by atoms with Crippen molar-refractivity contribution < 1.29 is 4.79 Å². The molecule has 0 radical (unpaired) electrons. The summed E-state index contributed by atoms with van der Waals surface area (Å²) in [6.07, 6.45) is 3.07. The molecule has 1 aromatic carbocycles. The van der Waals surface area contributed by atoms with Gasteiger partial charge >= 0.3 is 0 Å². The molecule has 5 heteroatoms. The van der Waals surface area contributed by atoms with Gasteiger partial charge in [0, 0.05) is 17.0 Å². The number of carbonyl (C=O) groups is 1. The average molecular weight is 298 g/mol. The maximum atomic E-state index is 11.6. The van der Waals surface area contributed by atoms with Crippen LogP contribution in [0.25, 0.3) is 0 Å². The van der Waals surface area contributed by atoms with E-state index in [0.29, 0.717) is 10.6 Å². The lowest BCUT2D eigenvalue weighted by molar-refractivity contribution is 0.0996. The predicted octanol–water partition coefficient (Wildman–Crippen LogP) is 4.84. The van der Waals surface area contributed by atoms with Gasteiger partial charge in [0.1, 0.15) is 0 Å². The van der Waals surface area contributed by atoms with E-state index in [0.717, 1.165) is 0 Å². The molecule has 0 bridgehead atoms. The van der Waals surface area contributed by atoms with Crippen LogP contribution in [0, 0.1) is 0 Å². The first kappa shape index (κ1) is 13.9. The van der Waals surface area contributed by atoms with Crippen LogP contribution in [-0.2, 0) is 0 Å². The van der Waals surface area contributed by atoms with Crippen molar-refractivity contribution in [2.75, 3.05) is 0 Å². The molecule has 0 fully saturated rings. The van der Waals surface area contributed by atoms with E-state index in [-0.39, 0.29) is 12.2 Å². The van der Waals surface area contributed by atoms with E-state index in [1.165, 1.54) is 12.2 Å². The number of halogens is 4. The van der Waals surface area contributed by atoms with Crippen LogP contribution in [0.4, 0.5) is 0 Å². The van der Waals surface area contributed by atoms with E-state index < -0.39 is 3.79 Å². The van der Waals surface area contributed by atoms with Crippen molar-refractivity contribution in [1.29, 1.82) is 0 Å². The van der Waals surface area contributed by atoms with Crippen LogP contribution in [-0.4, -0.2) is 9.58 Å². The molecular weight excluding hydrogens is 290 g/mol. The standard InChI is InChI=1S/C11H8Cl4O/c12-9-5-3-8(4-6-9)10(16)2-1-7-11(13,14)15/h1,3-7H,2H2. The number of alkyl halides is 3. The molecule has 0 heterocycles. The topological polar surface area (TPSA) is 17.1 Å². The largest absolute Gasteiger partial charge is 0.294 e. The molecule has 0 amide bonds. The molecular formula is C11H8Cl4O. The second-order valence-corrected chi connectivity index (χ2v) is 5.88. The molecule has 0 aromatic heterocycles. The van der Waals surface area contributed by atoms with Gasteiger partial charge in [-0.05, 0) is 30.3 Å². The molecule has 0 atom stereocenters. The zero-order chi connectivity index (χ0) is 12.2. The van der Waals surface area contributed by atoms with Crippen molar-refractivity contribution in [3.63, 3.8) is 0 Å².